The number of piperidine rings is 1. The highest BCUT2D eigenvalue weighted by Gasteiger charge is 2.80. The lowest BCUT2D eigenvalue weighted by atomic mass is 9.46. The molecule has 2 N–H and O–H groups in total. The van der Waals surface area contributed by atoms with E-state index >= 15 is 0 Å². The van der Waals surface area contributed by atoms with Crippen LogP contribution in [0.3, 0.4) is 0 Å². The van der Waals surface area contributed by atoms with Gasteiger partial charge in [0.1, 0.15) is 11.3 Å². The summed E-state index contributed by atoms with van der Waals surface area (Å²) in [5.41, 5.74) is 7.87. The molecule has 4 heteroatoms. The summed E-state index contributed by atoms with van der Waals surface area (Å²) in [4.78, 5) is 14.5. The smallest absolute Gasteiger partial charge is 0.175 e. The van der Waals surface area contributed by atoms with E-state index in [1.807, 2.05) is 19.2 Å². The third kappa shape index (κ3) is 0.788. The van der Waals surface area contributed by atoms with Gasteiger partial charge in [-0.1, -0.05) is 6.07 Å². The summed E-state index contributed by atoms with van der Waals surface area (Å²) in [7, 11) is 3.63. The van der Waals surface area contributed by atoms with Gasteiger partial charge in [-0.25, -0.2) is 0 Å². The summed E-state index contributed by atoms with van der Waals surface area (Å²) in [6.45, 7) is 0.914. The van der Waals surface area contributed by atoms with Gasteiger partial charge in [0.25, 0.3) is 0 Å². The number of hydrogen-bond acceptors (Lipinski definition) is 4. The molecule has 0 amide bonds. The molecule has 4 rings (SSSR count). The lowest BCUT2D eigenvalue weighted by Crippen LogP contribution is -2.88. The summed E-state index contributed by atoms with van der Waals surface area (Å²) in [5, 5.41) is 0. The van der Waals surface area contributed by atoms with Crippen LogP contribution in [0.4, 0.5) is 0 Å². The number of rotatable bonds is 1. The molecule has 1 aliphatic heterocycles. The number of carbonyl (C=O) groups is 1. The topological polar surface area (TPSA) is 55.6 Å². The van der Waals surface area contributed by atoms with E-state index in [4.69, 9.17) is 10.5 Å². The number of benzene rings is 1. The van der Waals surface area contributed by atoms with E-state index in [0.29, 0.717) is 0 Å². The van der Waals surface area contributed by atoms with Crippen LogP contribution in [0.1, 0.15) is 11.1 Å². The summed E-state index contributed by atoms with van der Waals surface area (Å²) < 4.78 is 5.25. The molecule has 1 heterocycles. The van der Waals surface area contributed by atoms with Gasteiger partial charge in [0.15, 0.2) is 5.78 Å². The monoisotopic (exact) mass is 244 g/mol. The zero-order chi connectivity index (χ0) is 12.7. The van der Waals surface area contributed by atoms with Gasteiger partial charge < -0.3 is 10.5 Å². The van der Waals surface area contributed by atoms with Gasteiger partial charge in [-0.2, -0.15) is 0 Å². The minimum absolute atomic E-state index is 0.0286. The van der Waals surface area contributed by atoms with Crippen LogP contribution in [0.5, 0.6) is 5.75 Å². The minimum Gasteiger partial charge on any atom is -0.497 e. The molecule has 4 nitrogen and oxygen atoms in total. The Morgan fingerprint density at radius 3 is 2.94 bits per heavy atom. The van der Waals surface area contributed by atoms with Crippen molar-refractivity contribution in [2.75, 3.05) is 20.7 Å². The summed E-state index contributed by atoms with van der Waals surface area (Å²) in [6, 6.07) is 5.97. The van der Waals surface area contributed by atoms with Crippen molar-refractivity contribution >= 4 is 5.78 Å². The van der Waals surface area contributed by atoms with Crippen LogP contribution in [0.2, 0.25) is 0 Å². The van der Waals surface area contributed by atoms with Gasteiger partial charge in [-0.3, -0.25) is 9.69 Å². The van der Waals surface area contributed by atoms with E-state index in [2.05, 4.69) is 11.0 Å². The van der Waals surface area contributed by atoms with Crippen molar-refractivity contribution in [1.82, 2.24) is 4.90 Å². The highest BCUT2D eigenvalue weighted by Crippen LogP contribution is 2.66. The molecule has 0 radical (unpaired) electrons. The standard InChI is InChI=1S/C14H16N2O2/c1-16-7-13-6-8-3-4-9(18-2)5-10(8)14(13,15)12(17)11(13)16/h3-5,11H,6-7,15H2,1-2H3/t11-,13-,14-/m0/s1. The molecule has 1 spiro atoms. The van der Waals surface area contributed by atoms with E-state index in [1.165, 1.54) is 5.56 Å². The number of likely N-dealkylation sites (N-methyl/N-ethyl adjacent to an activating group) is 1. The normalized spacial score (nSPS) is 40.4. The van der Waals surface area contributed by atoms with Gasteiger partial charge in [-0.15, -0.1) is 0 Å². The molecule has 18 heavy (non-hydrogen) atoms. The Labute approximate surface area is 106 Å². The average Bonchev–Trinajstić information content (AvgIpc) is 2.59. The second kappa shape index (κ2) is 2.78. The Hall–Kier alpha value is -1.39. The van der Waals surface area contributed by atoms with Crippen molar-refractivity contribution in [2.45, 2.75) is 18.0 Å². The van der Waals surface area contributed by atoms with E-state index in [-0.39, 0.29) is 17.2 Å². The Morgan fingerprint density at radius 1 is 1.50 bits per heavy atom. The van der Waals surface area contributed by atoms with Crippen LogP contribution in [-0.4, -0.2) is 37.4 Å². The van der Waals surface area contributed by atoms with Crippen molar-refractivity contribution < 1.29 is 9.53 Å². The number of carbonyl (C=O) groups excluding carboxylic acids is 1. The fraction of sp³-hybridized carbons (Fsp3) is 0.500. The Bertz CT molecular complexity index is 585. The maximum atomic E-state index is 12.4. The summed E-state index contributed by atoms with van der Waals surface area (Å²) in [6.07, 6.45) is 0.920. The highest BCUT2D eigenvalue weighted by atomic mass is 16.5. The quantitative estimate of drug-likeness (QED) is 0.771. The van der Waals surface area contributed by atoms with Crippen molar-refractivity contribution in [2.24, 2.45) is 11.1 Å². The van der Waals surface area contributed by atoms with Crippen LogP contribution in [0, 0.1) is 5.41 Å². The van der Waals surface area contributed by atoms with Gasteiger partial charge in [0, 0.05) is 12.0 Å². The minimum atomic E-state index is -0.770. The number of hydrogen-bond donors (Lipinski definition) is 1. The van der Waals surface area contributed by atoms with E-state index < -0.39 is 5.54 Å². The third-order valence-electron chi connectivity index (χ3n) is 5.17. The Morgan fingerprint density at radius 2 is 2.28 bits per heavy atom. The predicted octanol–water partition coefficient (Wildman–Crippen LogP) is 0.288. The van der Waals surface area contributed by atoms with Crippen LogP contribution in [-0.2, 0) is 16.8 Å². The predicted molar refractivity (Wildman–Crippen MR) is 66.4 cm³/mol. The molecule has 1 aromatic rings. The maximum absolute atomic E-state index is 12.4. The van der Waals surface area contributed by atoms with Crippen LogP contribution in [0.15, 0.2) is 18.2 Å². The molecule has 0 aromatic heterocycles. The van der Waals surface area contributed by atoms with Gasteiger partial charge in [0.2, 0.25) is 0 Å². The Balaban J connectivity index is 1.89. The van der Waals surface area contributed by atoms with Crippen molar-refractivity contribution in [3.63, 3.8) is 0 Å². The van der Waals surface area contributed by atoms with Crippen molar-refractivity contribution in [1.29, 1.82) is 0 Å². The van der Waals surface area contributed by atoms with Crippen LogP contribution < -0.4 is 10.5 Å². The van der Waals surface area contributed by atoms with Crippen LogP contribution in [0.25, 0.3) is 0 Å². The third-order valence-corrected chi connectivity index (χ3v) is 5.17. The number of fused-ring (bicyclic) bond motifs is 2. The fourth-order valence-corrected chi connectivity index (χ4v) is 4.34. The molecule has 3 aliphatic rings. The first-order valence-corrected chi connectivity index (χ1v) is 6.25. The second-order valence-corrected chi connectivity index (χ2v) is 5.85. The lowest BCUT2D eigenvalue weighted by Gasteiger charge is -2.69. The second-order valence-electron chi connectivity index (χ2n) is 5.85. The number of nitrogens with zero attached hydrogens (tertiary/aromatic N) is 1. The van der Waals surface area contributed by atoms with Crippen molar-refractivity contribution in [3.05, 3.63) is 29.3 Å². The van der Waals surface area contributed by atoms with Gasteiger partial charge in [0.05, 0.1) is 13.2 Å². The molecule has 1 aromatic carbocycles. The molecule has 2 aliphatic carbocycles. The zero-order valence-corrected chi connectivity index (χ0v) is 10.6. The molecular weight excluding hydrogens is 228 g/mol. The number of ketones is 1. The number of likely N-dealkylation sites (tertiary alicyclic amines) is 1. The SMILES string of the molecule is COc1ccc2c(c1)[C@]1(N)C(=O)[C@@H]3N(C)C[C@@]31C2. The van der Waals surface area contributed by atoms with Crippen LogP contribution >= 0.6 is 0 Å². The van der Waals surface area contributed by atoms with Crippen molar-refractivity contribution in [3.8, 4) is 5.75 Å². The summed E-state index contributed by atoms with van der Waals surface area (Å²) in [5.74, 6) is 0.947. The molecule has 0 unspecified atom stereocenters. The molecule has 1 saturated carbocycles. The highest BCUT2D eigenvalue weighted by molar-refractivity contribution is 6.06. The maximum Gasteiger partial charge on any atom is 0.175 e. The molecular formula is C14H16N2O2. The number of nitrogens with two attached hydrogens (primary N) is 1. The molecule has 0 bridgehead atoms. The molecule has 3 atom stereocenters. The zero-order valence-electron chi connectivity index (χ0n) is 10.6. The van der Waals surface area contributed by atoms with E-state index in [1.54, 1.807) is 7.11 Å². The fourth-order valence-electron chi connectivity index (χ4n) is 4.34. The average molecular weight is 244 g/mol. The first kappa shape index (κ1) is 10.5. The number of Topliss-reactive ketones (excluding diaryl/α,β-unsaturated/α-hetero) is 1. The Kier molecular flexibility index (Phi) is 1.63. The van der Waals surface area contributed by atoms with Gasteiger partial charge >= 0.3 is 0 Å². The number of methoxy groups -OCH3 is 1. The lowest BCUT2D eigenvalue weighted by molar-refractivity contribution is -0.197. The first-order chi connectivity index (χ1) is 8.54. The molecule has 1 saturated heterocycles. The molecule has 94 valence electrons. The largest absolute Gasteiger partial charge is 0.497 e. The number of ether oxygens (including phenoxy) is 1. The molecule has 2 fully saturated rings. The first-order valence-electron chi connectivity index (χ1n) is 6.25. The van der Waals surface area contributed by atoms with Gasteiger partial charge in [-0.05, 0) is 36.7 Å². The summed E-state index contributed by atoms with van der Waals surface area (Å²) >= 11 is 0. The van der Waals surface area contributed by atoms with E-state index in [0.717, 1.165) is 24.3 Å². The van der Waals surface area contributed by atoms with E-state index in [9.17, 15) is 4.79 Å².